The number of esters is 1. The van der Waals surface area contributed by atoms with Crippen LogP contribution in [-0.4, -0.2) is 37.6 Å². The molecular weight excluding hydrogens is 360 g/mol. The topological polar surface area (TPSA) is 69.9 Å². The summed E-state index contributed by atoms with van der Waals surface area (Å²) in [4.78, 5) is 20.7. The maximum absolute atomic E-state index is 12.1. The van der Waals surface area contributed by atoms with Crippen molar-refractivity contribution in [2.24, 2.45) is 0 Å². The number of nitrogens with zero attached hydrogens (tertiary/aromatic N) is 4. The molecule has 25 heavy (non-hydrogen) atoms. The van der Waals surface area contributed by atoms with Gasteiger partial charge in [-0.15, -0.1) is 0 Å². The number of halogens is 1. The van der Waals surface area contributed by atoms with Crippen molar-refractivity contribution >= 4 is 40.4 Å². The fourth-order valence-corrected chi connectivity index (χ4v) is 3.46. The SMILES string of the molecule is CCOC(=O)[C@@H](CC)Sc1ncnc2c1cnn2-c1ccc(Cl)cc1. The van der Waals surface area contributed by atoms with Crippen molar-refractivity contribution in [3.05, 3.63) is 41.8 Å². The van der Waals surface area contributed by atoms with Crippen LogP contribution in [0.3, 0.4) is 0 Å². The van der Waals surface area contributed by atoms with Crippen LogP contribution in [0.4, 0.5) is 0 Å². The molecule has 1 atom stereocenters. The number of hydrogen-bond acceptors (Lipinski definition) is 6. The van der Waals surface area contributed by atoms with Crippen molar-refractivity contribution in [3.63, 3.8) is 0 Å². The molecule has 0 amide bonds. The minimum absolute atomic E-state index is 0.230. The standard InChI is InChI=1S/C17H17ClN4O2S/c1-3-14(17(23)24-4-2)25-16-13-9-21-22(15(13)19-10-20-16)12-7-5-11(18)6-8-12/h5-10,14H,3-4H2,1-2H3/t14-/m1/s1. The number of hydrogen-bond donors (Lipinski definition) is 0. The second-order valence-corrected chi connectivity index (χ2v) is 6.84. The summed E-state index contributed by atoms with van der Waals surface area (Å²) in [6, 6.07) is 7.35. The van der Waals surface area contributed by atoms with Gasteiger partial charge in [0.2, 0.25) is 0 Å². The van der Waals surface area contributed by atoms with E-state index in [0.29, 0.717) is 28.7 Å². The van der Waals surface area contributed by atoms with Crippen molar-refractivity contribution in [1.82, 2.24) is 19.7 Å². The van der Waals surface area contributed by atoms with Crippen LogP contribution in [-0.2, 0) is 9.53 Å². The quantitative estimate of drug-likeness (QED) is 0.369. The van der Waals surface area contributed by atoms with Gasteiger partial charge in [-0.1, -0.05) is 30.3 Å². The third kappa shape index (κ3) is 3.77. The molecule has 0 bridgehead atoms. The van der Waals surface area contributed by atoms with E-state index in [1.165, 1.54) is 18.1 Å². The highest BCUT2D eigenvalue weighted by Gasteiger charge is 2.22. The molecule has 0 radical (unpaired) electrons. The molecule has 2 heterocycles. The van der Waals surface area contributed by atoms with E-state index in [2.05, 4.69) is 15.1 Å². The molecule has 1 aromatic carbocycles. The second kappa shape index (κ2) is 7.84. The average Bonchev–Trinajstić information content (AvgIpc) is 3.05. The van der Waals surface area contributed by atoms with Crippen LogP contribution >= 0.6 is 23.4 Å². The van der Waals surface area contributed by atoms with Gasteiger partial charge in [-0.25, -0.2) is 14.6 Å². The first kappa shape index (κ1) is 17.7. The zero-order valence-electron chi connectivity index (χ0n) is 13.8. The van der Waals surface area contributed by atoms with E-state index in [1.54, 1.807) is 29.9 Å². The van der Waals surface area contributed by atoms with Gasteiger partial charge in [0.1, 0.15) is 16.6 Å². The Balaban J connectivity index is 1.95. The zero-order chi connectivity index (χ0) is 17.8. The number of carbonyl (C=O) groups excluding carboxylic acids is 1. The van der Waals surface area contributed by atoms with E-state index in [0.717, 1.165) is 11.1 Å². The predicted octanol–water partition coefficient (Wildman–Crippen LogP) is 3.90. The number of fused-ring (bicyclic) bond motifs is 1. The van der Waals surface area contributed by atoms with Crippen molar-refractivity contribution in [3.8, 4) is 5.69 Å². The van der Waals surface area contributed by atoms with E-state index in [4.69, 9.17) is 16.3 Å². The van der Waals surface area contributed by atoms with Gasteiger partial charge in [-0.05, 0) is 37.6 Å². The highest BCUT2D eigenvalue weighted by atomic mass is 35.5. The third-order valence-electron chi connectivity index (χ3n) is 3.57. The first-order valence-electron chi connectivity index (χ1n) is 7.92. The maximum Gasteiger partial charge on any atom is 0.319 e. The summed E-state index contributed by atoms with van der Waals surface area (Å²) in [5, 5.41) is 6.27. The molecule has 3 aromatic rings. The van der Waals surface area contributed by atoms with E-state index < -0.39 is 0 Å². The van der Waals surface area contributed by atoms with Crippen molar-refractivity contribution in [2.45, 2.75) is 30.5 Å². The molecule has 0 fully saturated rings. The molecule has 0 aliphatic rings. The molecule has 0 saturated carbocycles. The molecule has 8 heteroatoms. The van der Waals surface area contributed by atoms with Crippen LogP contribution in [0.25, 0.3) is 16.7 Å². The van der Waals surface area contributed by atoms with Crippen molar-refractivity contribution in [2.75, 3.05) is 6.61 Å². The first-order valence-corrected chi connectivity index (χ1v) is 9.17. The van der Waals surface area contributed by atoms with Crippen LogP contribution in [0, 0.1) is 0 Å². The number of benzene rings is 1. The molecule has 0 N–H and O–H groups in total. The van der Waals surface area contributed by atoms with Gasteiger partial charge in [0.25, 0.3) is 0 Å². The Hall–Kier alpha value is -2.12. The molecular formula is C17H17ClN4O2S. The minimum atomic E-state index is -0.308. The van der Waals surface area contributed by atoms with E-state index in [-0.39, 0.29) is 11.2 Å². The maximum atomic E-state index is 12.1. The van der Waals surface area contributed by atoms with Crippen LogP contribution in [0.1, 0.15) is 20.3 Å². The number of rotatable bonds is 6. The van der Waals surface area contributed by atoms with Crippen molar-refractivity contribution in [1.29, 1.82) is 0 Å². The van der Waals surface area contributed by atoms with Crippen LogP contribution in [0.2, 0.25) is 5.02 Å². The molecule has 130 valence electrons. The predicted molar refractivity (Wildman–Crippen MR) is 98.2 cm³/mol. The van der Waals surface area contributed by atoms with E-state index in [9.17, 15) is 4.79 Å². The van der Waals surface area contributed by atoms with Gasteiger partial charge in [-0.3, -0.25) is 4.79 Å². The lowest BCUT2D eigenvalue weighted by atomic mass is 10.3. The average molecular weight is 377 g/mol. The van der Waals surface area contributed by atoms with Gasteiger partial charge in [0, 0.05) is 5.02 Å². The molecule has 0 unspecified atom stereocenters. The molecule has 0 saturated heterocycles. The minimum Gasteiger partial charge on any atom is -0.465 e. The van der Waals surface area contributed by atoms with Crippen LogP contribution < -0.4 is 0 Å². The van der Waals surface area contributed by atoms with Gasteiger partial charge in [0.15, 0.2) is 5.65 Å². The molecule has 0 aliphatic carbocycles. The summed E-state index contributed by atoms with van der Waals surface area (Å²) in [5.41, 5.74) is 1.53. The summed E-state index contributed by atoms with van der Waals surface area (Å²) < 4.78 is 6.85. The summed E-state index contributed by atoms with van der Waals surface area (Å²) in [7, 11) is 0. The van der Waals surface area contributed by atoms with Gasteiger partial charge in [-0.2, -0.15) is 5.10 Å². The molecule has 2 aromatic heterocycles. The van der Waals surface area contributed by atoms with E-state index >= 15 is 0 Å². The van der Waals surface area contributed by atoms with Gasteiger partial charge in [0.05, 0.1) is 23.9 Å². The van der Waals surface area contributed by atoms with Gasteiger partial charge >= 0.3 is 5.97 Å². The fraction of sp³-hybridized carbons (Fsp3) is 0.294. The Labute approximate surface area is 154 Å². The summed E-state index contributed by atoms with van der Waals surface area (Å²) >= 11 is 7.32. The Morgan fingerprint density at radius 3 is 2.72 bits per heavy atom. The highest BCUT2D eigenvalue weighted by Crippen LogP contribution is 2.30. The zero-order valence-corrected chi connectivity index (χ0v) is 15.4. The van der Waals surface area contributed by atoms with Crippen LogP contribution in [0.5, 0.6) is 0 Å². The summed E-state index contributed by atoms with van der Waals surface area (Å²) in [6.07, 6.45) is 3.85. The van der Waals surface area contributed by atoms with Crippen LogP contribution in [0.15, 0.2) is 41.8 Å². The Kier molecular flexibility index (Phi) is 5.55. The lowest BCUT2D eigenvalue weighted by Gasteiger charge is -2.12. The second-order valence-electron chi connectivity index (χ2n) is 5.22. The summed E-state index contributed by atoms with van der Waals surface area (Å²) in [6.45, 7) is 4.11. The number of ether oxygens (including phenoxy) is 1. The molecule has 6 nitrogen and oxygen atoms in total. The Morgan fingerprint density at radius 2 is 2.04 bits per heavy atom. The smallest absolute Gasteiger partial charge is 0.319 e. The number of aromatic nitrogens is 4. The largest absolute Gasteiger partial charge is 0.465 e. The molecule has 0 spiro atoms. The monoisotopic (exact) mass is 376 g/mol. The van der Waals surface area contributed by atoms with Crippen molar-refractivity contribution < 1.29 is 9.53 Å². The third-order valence-corrected chi connectivity index (χ3v) is 5.19. The first-order chi connectivity index (χ1) is 12.1. The fourth-order valence-electron chi connectivity index (χ4n) is 2.36. The number of thioether (sulfide) groups is 1. The van der Waals surface area contributed by atoms with Gasteiger partial charge < -0.3 is 4.74 Å². The lowest BCUT2D eigenvalue weighted by molar-refractivity contribution is -0.142. The lowest BCUT2D eigenvalue weighted by Crippen LogP contribution is -2.19. The highest BCUT2D eigenvalue weighted by molar-refractivity contribution is 8.00. The number of carbonyl (C=O) groups is 1. The Morgan fingerprint density at radius 1 is 1.28 bits per heavy atom. The molecule has 0 aliphatic heterocycles. The summed E-state index contributed by atoms with van der Waals surface area (Å²) in [5.74, 6) is -0.230. The Bertz CT molecular complexity index is 882. The van der Waals surface area contributed by atoms with E-state index in [1.807, 2.05) is 19.1 Å². The normalized spacial score (nSPS) is 12.3. The molecule has 3 rings (SSSR count).